The number of hydrogen-bond donors (Lipinski definition) is 3. The van der Waals surface area contributed by atoms with Crippen molar-refractivity contribution in [3.05, 3.63) is 64.7 Å². The summed E-state index contributed by atoms with van der Waals surface area (Å²) in [7, 11) is 0. The molecule has 5 rings (SSSR count). The number of para-hydroxylation sites is 1. The third kappa shape index (κ3) is 4.32. The van der Waals surface area contributed by atoms with Crippen molar-refractivity contribution in [2.45, 2.75) is 70.9 Å². The zero-order valence-electron chi connectivity index (χ0n) is 23.6. The van der Waals surface area contributed by atoms with Gasteiger partial charge in [0.15, 0.2) is 0 Å². The molecule has 3 unspecified atom stereocenters. The fourth-order valence-corrected chi connectivity index (χ4v) is 7.50. The molecule has 0 radical (unpaired) electrons. The number of carbonyl (C=O) groups is 3. The molecule has 7 atom stereocenters. The Bertz CT molecular complexity index is 1300. The van der Waals surface area contributed by atoms with Gasteiger partial charge in [-0.05, 0) is 49.3 Å². The number of halogens is 1. The molecule has 3 saturated heterocycles. The number of nitrogens with one attached hydrogen (secondary N) is 2. The molecule has 2 bridgehead atoms. The largest absolute Gasteiger partial charge is 0.394 e. The first-order valence-corrected chi connectivity index (χ1v) is 14.3. The number of nitrogens with zero attached hydrogens (tertiary/aromatic N) is 1. The number of aryl methyl sites for hydroxylation is 1. The van der Waals surface area contributed by atoms with E-state index in [-0.39, 0.29) is 30.3 Å². The number of fused-ring (bicyclic) bond motifs is 1. The van der Waals surface area contributed by atoms with Crippen LogP contribution in [0.1, 0.15) is 45.2 Å². The first kappa shape index (κ1) is 28.6. The van der Waals surface area contributed by atoms with Crippen molar-refractivity contribution in [3.63, 3.8) is 0 Å². The van der Waals surface area contributed by atoms with Crippen LogP contribution in [0.2, 0.25) is 5.02 Å². The lowest BCUT2D eigenvalue weighted by molar-refractivity contribution is -0.150. The number of aliphatic hydroxyl groups excluding tert-OH is 1. The van der Waals surface area contributed by atoms with Crippen molar-refractivity contribution in [3.8, 4) is 0 Å². The van der Waals surface area contributed by atoms with Crippen molar-refractivity contribution >= 4 is 35.0 Å². The van der Waals surface area contributed by atoms with Gasteiger partial charge in [-0.25, -0.2) is 0 Å². The summed E-state index contributed by atoms with van der Waals surface area (Å²) in [6, 6.07) is 13.2. The Hall–Kier alpha value is -2.94. The predicted octanol–water partition coefficient (Wildman–Crippen LogP) is 3.93. The summed E-state index contributed by atoms with van der Waals surface area (Å²) in [6.07, 6.45) is 0.439. The summed E-state index contributed by atoms with van der Waals surface area (Å²) in [5.41, 5.74) is 0.0406. The van der Waals surface area contributed by atoms with Gasteiger partial charge in [-0.3, -0.25) is 14.4 Å². The minimum atomic E-state index is -1.22. The van der Waals surface area contributed by atoms with Gasteiger partial charge in [0.25, 0.3) is 0 Å². The van der Waals surface area contributed by atoms with Gasteiger partial charge in [-0.2, -0.15) is 0 Å². The smallest absolute Gasteiger partial charge is 0.250 e. The van der Waals surface area contributed by atoms with Crippen LogP contribution in [0.4, 0.5) is 5.69 Å². The quantitative estimate of drug-likeness (QED) is 0.448. The summed E-state index contributed by atoms with van der Waals surface area (Å²) in [5.74, 6) is -2.93. The molecule has 3 heterocycles. The van der Waals surface area contributed by atoms with Gasteiger partial charge in [0.1, 0.15) is 11.6 Å². The molecule has 2 aromatic rings. The van der Waals surface area contributed by atoms with Crippen molar-refractivity contribution < 1.29 is 24.2 Å². The maximum atomic E-state index is 14.4. The summed E-state index contributed by atoms with van der Waals surface area (Å²) < 4.78 is 6.78. The minimum absolute atomic E-state index is 0.0899. The van der Waals surface area contributed by atoms with Gasteiger partial charge < -0.3 is 25.4 Å². The van der Waals surface area contributed by atoms with Gasteiger partial charge in [-0.1, -0.05) is 74.8 Å². The fourth-order valence-electron chi connectivity index (χ4n) is 7.23. The van der Waals surface area contributed by atoms with Crippen LogP contribution in [0, 0.1) is 30.6 Å². The number of carbonyl (C=O) groups excluding carboxylic acids is 3. The molecule has 2 aromatic carbocycles. The molecule has 3 fully saturated rings. The normalized spacial score (nSPS) is 31.4. The van der Waals surface area contributed by atoms with Gasteiger partial charge >= 0.3 is 0 Å². The second-order valence-corrected chi connectivity index (χ2v) is 12.5. The van der Waals surface area contributed by atoms with Crippen LogP contribution in [0.25, 0.3) is 0 Å². The lowest BCUT2D eigenvalue weighted by atomic mass is 9.62. The fraction of sp³-hybridized carbons (Fsp3) is 0.516. The predicted molar refractivity (Wildman–Crippen MR) is 152 cm³/mol. The SMILES string of the molecule is Cc1cccc(Cl)c1NC(=O)C1N([C@@H](CO)C(C)C)C(=O)[C@@H]2[C@@H](C(=O)NCc3ccccc3)[C@]3(C)OC12CC3C. The lowest BCUT2D eigenvalue weighted by Gasteiger charge is -2.38. The maximum absolute atomic E-state index is 14.4. The van der Waals surface area contributed by atoms with E-state index in [1.54, 1.807) is 12.1 Å². The third-order valence-electron chi connectivity index (χ3n) is 9.38. The molecule has 0 saturated carbocycles. The topological polar surface area (TPSA) is 108 Å². The van der Waals surface area contributed by atoms with E-state index in [1.807, 2.05) is 71.0 Å². The van der Waals surface area contributed by atoms with E-state index in [4.69, 9.17) is 16.3 Å². The summed E-state index contributed by atoms with van der Waals surface area (Å²) in [6.45, 7) is 9.54. The molecule has 40 heavy (non-hydrogen) atoms. The summed E-state index contributed by atoms with van der Waals surface area (Å²) in [5, 5.41) is 16.8. The monoisotopic (exact) mass is 567 g/mol. The van der Waals surface area contributed by atoms with Crippen molar-refractivity contribution in [1.29, 1.82) is 0 Å². The van der Waals surface area contributed by atoms with E-state index in [2.05, 4.69) is 10.6 Å². The average Bonchev–Trinajstić information content (AvgIpc) is 3.42. The highest BCUT2D eigenvalue weighted by atomic mass is 35.5. The van der Waals surface area contributed by atoms with E-state index in [9.17, 15) is 19.5 Å². The Morgan fingerprint density at radius 3 is 2.48 bits per heavy atom. The first-order valence-electron chi connectivity index (χ1n) is 14.0. The van der Waals surface area contributed by atoms with E-state index in [1.165, 1.54) is 4.90 Å². The Kier molecular flexibility index (Phi) is 7.48. The number of hydrogen-bond acceptors (Lipinski definition) is 5. The Morgan fingerprint density at radius 2 is 1.85 bits per heavy atom. The lowest BCUT2D eigenvalue weighted by Crippen LogP contribution is -2.57. The van der Waals surface area contributed by atoms with Crippen molar-refractivity contribution in [1.82, 2.24) is 10.2 Å². The molecule has 0 aliphatic carbocycles. The van der Waals surface area contributed by atoms with Gasteiger partial charge in [0.05, 0.1) is 40.8 Å². The molecule has 8 nitrogen and oxygen atoms in total. The maximum Gasteiger partial charge on any atom is 0.250 e. The van der Waals surface area contributed by atoms with Crippen LogP contribution in [0.15, 0.2) is 48.5 Å². The van der Waals surface area contributed by atoms with Crippen LogP contribution in [0.5, 0.6) is 0 Å². The van der Waals surface area contributed by atoms with Crippen molar-refractivity contribution in [2.24, 2.45) is 23.7 Å². The van der Waals surface area contributed by atoms with E-state index in [0.29, 0.717) is 23.7 Å². The van der Waals surface area contributed by atoms with Gasteiger partial charge in [-0.15, -0.1) is 0 Å². The number of benzene rings is 2. The number of anilines is 1. The zero-order valence-corrected chi connectivity index (χ0v) is 24.4. The molecule has 3 amide bonds. The standard InChI is InChI=1S/C31H38ClN3O5/c1-17(2)22(16-36)35-26(28(38)34-25-18(3)10-9-13-21(25)32)31-14-19(4)30(5,40-31)23(24(31)29(35)39)27(37)33-15-20-11-7-6-8-12-20/h6-13,17,19,22-24,26,36H,14-16H2,1-5H3,(H,33,37)(H,34,38)/t19?,22-,23-,24-,26?,30+,31?/m0/s1. The first-order chi connectivity index (χ1) is 19.0. The highest BCUT2D eigenvalue weighted by Crippen LogP contribution is 2.65. The van der Waals surface area contributed by atoms with E-state index >= 15 is 0 Å². The Balaban J connectivity index is 1.55. The van der Waals surface area contributed by atoms with E-state index in [0.717, 1.165) is 11.1 Å². The molecule has 9 heteroatoms. The second-order valence-electron chi connectivity index (χ2n) is 12.1. The minimum Gasteiger partial charge on any atom is -0.394 e. The number of likely N-dealkylation sites (tertiary alicyclic amines) is 1. The molecule has 214 valence electrons. The van der Waals surface area contributed by atoms with E-state index < -0.39 is 41.0 Å². The van der Waals surface area contributed by atoms with Crippen LogP contribution >= 0.6 is 11.6 Å². The number of aliphatic hydroxyl groups is 1. The summed E-state index contributed by atoms with van der Waals surface area (Å²) >= 11 is 6.45. The Morgan fingerprint density at radius 1 is 1.15 bits per heavy atom. The molecular weight excluding hydrogens is 530 g/mol. The zero-order chi connectivity index (χ0) is 29.0. The van der Waals surface area contributed by atoms with Gasteiger partial charge in [0, 0.05) is 6.54 Å². The molecule has 1 spiro atoms. The molecule has 3 aliphatic heterocycles. The number of ether oxygens (including phenoxy) is 1. The van der Waals surface area contributed by atoms with Crippen LogP contribution < -0.4 is 10.6 Å². The van der Waals surface area contributed by atoms with Crippen LogP contribution in [0.3, 0.4) is 0 Å². The number of rotatable bonds is 8. The third-order valence-corrected chi connectivity index (χ3v) is 9.69. The highest BCUT2D eigenvalue weighted by molar-refractivity contribution is 6.34. The molecular formula is C31H38ClN3O5. The molecule has 0 aromatic heterocycles. The average molecular weight is 568 g/mol. The Labute approximate surface area is 240 Å². The molecule has 3 aliphatic rings. The van der Waals surface area contributed by atoms with Crippen molar-refractivity contribution in [2.75, 3.05) is 11.9 Å². The van der Waals surface area contributed by atoms with Gasteiger partial charge in [0.2, 0.25) is 17.7 Å². The second kappa shape index (κ2) is 10.5. The highest BCUT2D eigenvalue weighted by Gasteiger charge is 2.80. The summed E-state index contributed by atoms with van der Waals surface area (Å²) in [4.78, 5) is 43.9. The molecule has 3 N–H and O–H groups in total. The van der Waals surface area contributed by atoms with Crippen LogP contribution in [-0.2, 0) is 25.7 Å². The van der Waals surface area contributed by atoms with Crippen LogP contribution in [-0.4, -0.2) is 57.6 Å². The number of amides is 3.